The third-order valence-corrected chi connectivity index (χ3v) is 4.95. The summed E-state index contributed by atoms with van der Waals surface area (Å²) in [4.78, 5) is 4.88. The van der Waals surface area contributed by atoms with Crippen molar-refractivity contribution in [2.24, 2.45) is 0 Å². The molecule has 1 aliphatic rings. The Labute approximate surface area is 154 Å². The van der Waals surface area contributed by atoms with Crippen molar-refractivity contribution in [3.63, 3.8) is 0 Å². The van der Waals surface area contributed by atoms with Gasteiger partial charge in [-0.1, -0.05) is 60.2 Å². The van der Waals surface area contributed by atoms with E-state index >= 15 is 0 Å². The van der Waals surface area contributed by atoms with Crippen LogP contribution in [-0.4, -0.2) is 9.55 Å². The molecule has 1 aromatic heterocycles. The molecule has 0 saturated heterocycles. The van der Waals surface area contributed by atoms with Crippen LogP contribution >= 0.6 is 0 Å². The lowest BCUT2D eigenvalue weighted by atomic mass is 10.1. The van der Waals surface area contributed by atoms with Gasteiger partial charge >= 0.3 is 0 Å². The van der Waals surface area contributed by atoms with E-state index in [1.165, 1.54) is 16.5 Å². The van der Waals surface area contributed by atoms with E-state index < -0.39 is 0 Å². The van der Waals surface area contributed by atoms with Gasteiger partial charge in [-0.05, 0) is 44.4 Å². The summed E-state index contributed by atoms with van der Waals surface area (Å²) in [5.74, 6) is 1.85. The average molecular weight is 344 g/mol. The molecule has 1 unspecified atom stereocenters. The van der Waals surface area contributed by atoms with Crippen molar-refractivity contribution in [2.45, 2.75) is 39.3 Å². The minimum absolute atomic E-state index is 0.215. The van der Waals surface area contributed by atoms with Gasteiger partial charge in [0.1, 0.15) is 18.2 Å². The first-order valence-corrected chi connectivity index (χ1v) is 9.24. The maximum atomic E-state index is 6.04. The predicted molar refractivity (Wildman–Crippen MR) is 105 cm³/mol. The number of ether oxygens (including phenoxy) is 1. The van der Waals surface area contributed by atoms with E-state index in [1.54, 1.807) is 0 Å². The Kier molecular flexibility index (Phi) is 4.61. The smallest absolute Gasteiger partial charge is 0.148 e. The molecule has 1 aliphatic carbocycles. The third kappa shape index (κ3) is 3.30. The van der Waals surface area contributed by atoms with E-state index in [-0.39, 0.29) is 6.04 Å². The van der Waals surface area contributed by atoms with Gasteiger partial charge in [0.25, 0.3) is 0 Å². The number of aromatic nitrogens is 2. The van der Waals surface area contributed by atoms with Crippen LogP contribution in [0, 0.1) is 6.92 Å². The predicted octanol–water partition coefficient (Wildman–Crippen LogP) is 3.73. The first-order valence-electron chi connectivity index (χ1n) is 9.24. The average Bonchev–Trinajstić information content (AvgIpc) is 3.06. The number of hydrogen-bond acceptors (Lipinski definition) is 2. The van der Waals surface area contributed by atoms with Crippen LogP contribution in [-0.2, 0) is 6.61 Å². The highest BCUT2D eigenvalue weighted by Gasteiger charge is 2.17. The molecule has 0 amide bonds. The molecule has 3 heteroatoms. The maximum Gasteiger partial charge on any atom is 0.148 e. The molecule has 0 radical (unpaired) electrons. The van der Waals surface area contributed by atoms with Crippen LogP contribution in [0.1, 0.15) is 42.8 Å². The van der Waals surface area contributed by atoms with Gasteiger partial charge in [-0.15, -0.1) is 0 Å². The lowest BCUT2D eigenvalue weighted by molar-refractivity contribution is 0.287. The quantitative estimate of drug-likeness (QED) is 0.705. The molecular formula is C23H24N2O. The standard InChI is InChI=1S/C23H24N2O/c1-17-12-14-20(15-13-17)26-16-23-24-21-10-6-7-11-22(21)25(23)18(2)19-8-4-3-5-9-19/h3-5,8-15,18H,6-7,16H2,1-2H3. The second-order valence-electron chi connectivity index (χ2n) is 6.84. The van der Waals surface area contributed by atoms with Gasteiger partial charge in [0.15, 0.2) is 0 Å². The summed E-state index contributed by atoms with van der Waals surface area (Å²) in [6.45, 7) is 4.78. The first kappa shape index (κ1) is 16.6. The fourth-order valence-corrected chi connectivity index (χ4v) is 3.50. The van der Waals surface area contributed by atoms with Crippen LogP contribution in [0.5, 0.6) is 5.75 Å². The van der Waals surface area contributed by atoms with Crippen LogP contribution in [0.25, 0.3) is 12.2 Å². The lowest BCUT2D eigenvalue weighted by Crippen LogP contribution is -2.33. The Morgan fingerprint density at radius 3 is 2.50 bits per heavy atom. The van der Waals surface area contributed by atoms with Gasteiger partial charge < -0.3 is 9.30 Å². The van der Waals surface area contributed by atoms with E-state index in [4.69, 9.17) is 9.72 Å². The molecule has 0 bridgehead atoms. The highest BCUT2D eigenvalue weighted by atomic mass is 16.5. The van der Waals surface area contributed by atoms with Crippen molar-refractivity contribution in [1.29, 1.82) is 0 Å². The topological polar surface area (TPSA) is 27.1 Å². The SMILES string of the molecule is Cc1ccc(OCc2nc3c(n2C(C)c2ccccc2)=CCCC=3)cc1. The normalized spacial score (nSPS) is 14.1. The van der Waals surface area contributed by atoms with Crippen molar-refractivity contribution < 1.29 is 4.74 Å². The molecular weight excluding hydrogens is 320 g/mol. The summed E-state index contributed by atoms with van der Waals surface area (Å²) in [6, 6.07) is 19.0. The Morgan fingerprint density at radius 1 is 1.00 bits per heavy atom. The Balaban J connectivity index is 1.70. The van der Waals surface area contributed by atoms with Gasteiger partial charge in [-0.3, -0.25) is 0 Å². The molecule has 0 fully saturated rings. The summed E-state index contributed by atoms with van der Waals surface area (Å²) in [5.41, 5.74) is 2.51. The number of fused-ring (bicyclic) bond motifs is 1. The van der Waals surface area contributed by atoms with Crippen molar-refractivity contribution in [3.05, 3.63) is 82.2 Å². The molecule has 2 aromatic carbocycles. The molecule has 0 saturated carbocycles. The number of benzene rings is 2. The summed E-state index contributed by atoms with van der Waals surface area (Å²) in [5, 5.41) is 2.30. The second kappa shape index (κ2) is 7.20. The Morgan fingerprint density at radius 2 is 1.73 bits per heavy atom. The third-order valence-electron chi connectivity index (χ3n) is 4.95. The van der Waals surface area contributed by atoms with E-state index in [0.29, 0.717) is 6.61 Å². The van der Waals surface area contributed by atoms with Crippen molar-refractivity contribution in [1.82, 2.24) is 9.55 Å². The molecule has 0 N–H and O–H groups in total. The minimum Gasteiger partial charge on any atom is -0.486 e. The van der Waals surface area contributed by atoms with Gasteiger partial charge in [-0.25, -0.2) is 4.98 Å². The molecule has 3 aromatic rings. The fraction of sp³-hybridized carbons (Fsp3) is 0.261. The highest BCUT2D eigenvalue weighted by Crippen LogP contribution is 2.19. The minimum atomic E-state index is 0.215. The molecule has 1 atom stereocenters. The van der Waals surface area contributed by atoms with Crippen LogP contribution in [0.3, 0.4) is 0 Å². The van der Waals surface area contributed by atoms with Crippen LogP contribution in [0.4, 0.5) is 0 Å². The van der Waals surface area contributed by atoms with Crippen LogP contribution in [0.15, 0.2) is 54.6 Å². The molecule has 0 spiro atoms. The number of hydrogen-bond donors (Lipinski definition) is 0. The number of aryl methyl sites for hydroxylation is 1. The van der Waals surface area contributed by atoms with Crippen LogP contribution < -0.4 is 15.4 Å². The number of imidazole rings is 1. The zero-order valence-electron chi connectivity index (χ0n) is 15.4. The van der Waals surface area contributed by atoms with Crippen molar-refractivity contribution >= 4 is 12.2 Å². The Bertz CT molecular complexity index is 1000. The number of rotatable bonds is 5. The monoisotopic (exact) mass is 344 g/mol. The summed E-state index contributed by atoms with van der Waals surface area (Å²) >= 11 is 0. The lowest BCUT2D eigenvalue weighted by Gasteiger charge is -2.18. The van der Waals surface area contributed by atoms with E-state index in [9.17, 15) is 0 Å². The van der Waals surface area contributed by atoms with Gasteiger partial charge in [0.2, 0.25) is 0 Å². The zero-order valence-corrected chi connectivity index (χ0v) is 15.4. The summed E-state index contributed by atoms with van der Waals surface area (Å²) in [6.07, 6.45) is 6.66. The molecule has 4 rings (SSSR count). The van der Waals surface area contributed by atoms with E-state index in [1.807, 2.05) is 12.1 Å². The molecule has 132 valence electrons. The summed E-state index contributed by atoms with van der Waals surface area (Å²) in [7, 11) is 0. The highest BCUT2D eigenvalue weighted by molar-refractivity contribution is 5.35. The fourth-order valence-electron chi connectivity index (χ4n) is 3.50. The van der Waals surface area contributed by atoms with Gasteiger partial charge in [-0.2, -0.15) is 0 Å². The molecule has 1 heterocycles. The van der Waals surface area contributed by atoms with Crippen molar-refractivity contribution in [2.75, 3.05) is 0 Å². The first-order chi connectivity index (χ1) is 12.7. The molecule has 3 nitrogen and oxygen atoms in total. The second-order valence-corrected chi connectivity index (χ2v) is 6.84. The summed E-state index contributed by atoms with van der Waals surface area (Å²) < 4.78 is 8.37. The van der Waals surface area contributed by atoms with E-state index in [2.05, 4.69) is 73.0 Å². The Hall–Kier alpha value is -2.81. The zero-order chi connectivity index (χ0) is 17.9. The van der Waals surface area contributed by atoms with Crippen molar-refractivity contribution in [3.8, 4) is 5.75 Å². The molecule has 26 heavy (non-hydrogen) atoms. The van der Waals surface area contributed by atoms with Crippen LogP contribution in [0.2, 0.25) is 0 Å². The van der Waals surface area contributed by atoms with E-state index in [0.717, 1.165) is 29.8 Å². The van der Waals surface area contributed by atoms with Gasteiger partial charge in [0.05, 0.1) is 16.7 Å². The number of nitrogens with zero attached hydrogens (tertiary/aromatic N) is 2. The van der Waals surface area contributed by atoms with Gasteiger partial charge in [0, 0.05) is 0 Å². The molecule has 0 aliphatic heterocycles. The largest absolute Gasteiger partial charge is 0.486 e. The maximum absolute atomic E-state index is 6.04.